The number of aryl methyl sites for hydroxylation is 1. The van der Waals surface area contributed by atoms with Crippen LogP contribution in [0.3, 0.4) is 0 Å². The van der Waals surface area contributed by atoms with Crippen LogP contribution in [0.1, 0.15) is 29.3 Å². The maximum absolute atomic E-state index is 11.6. The minimum absolute atomic E-state index is 0.0923. The summed E-state index contributed by atoms with van der Waals surface area (Å²) in [6.45, 7) is 4.98. The van der Waals surface area contributed by atoms with Gasteiger partial charge in [0, 0.05) is 31.0 Å². The molecule has 0 amide bonds. The van der Waals surface area contributed by atoms with Crippen molar-refractivity contribution in [3.8, 4) is 0 Å². The smallest absolute Gasteiger partial charge is 0.166 e. The molecule has 0 atom stereocenters. The second kappa shape index (κ2) is 5.50. The SMILES string of the molecule is CCOCCC(=O)c1cncc(C)c1. The predicted octanol–water partition coefficient (Wildman–Crippen LogP) is 2.00. The monoisotopic (exact) mass is 193 g/mol. The second-order valence-corrected chi connectivity index (χ2v) is 3.12. The van der Waals surface area contributed by atoms with E-state index in [1.165, 1.54) is 0 Å². The minimum atomic E-state index is 0.0923. The van der Waals surface area contributed by atoms with Crippen LogP contribution < -0.4 is 0 Å². The van der Waals surface area contributed by atoms with E-state index in [0.717, 1.165) is 5.56 Å². The summed E-state index contributed by atoms with van der Waals surface area (Å²) in [4.78, 5) is 15.5. The molecule has 1 aromatic heterocycles. The zero-order valence-electron chi connectivity index (χ0n) is 8.62. The Morgan fingerprint density at radius 1 is 1.50 bits per heavy atom. The van der Waals surface area contributed by atoms with E-state index in [1.54, 1.807) is 12.4 Å². The third-order valence-electron chi connectivity index (χ3n) is 1.87. The Hall–Kier alpha value is -1.22. The van der Waals surface area contributed by atoms with Crippen molar-refractivity contribution in [2.24, 2.45) is 0 Å². The molecule has 0 aliphatic heterocycles. The number of rotatable bonds is 5. The summed E-state index contributed by atoms with van der Waals surface area (Å²) in [6, 6.07) is 1.85. The lowest BCUT2D eigenvalue weighted by molar-refractivity contribution is 0.0895. The second-order valence-electron chi connectivity index (χ2n) is 3.12. The highest BCUT2D eigenvalue weighted by Gasteiger charge is 2.05. The number of carbonyl (C=O) groups excluding carboxylic acids is 1. The molecule has 0 saturated carbocycles. The summed E-state index contributed by atoms with van der Waals surface area (Å²) >= 11 is 0. The summed E-state index contributed by atoms with van der Waals surface area (Å²) in [7, 11) is 0. The Morgan fingerprint density at radius 2 is 2.29 bits per heavy atom. The van der Waals surface area contributed by atoms with E-state index in [2.05, 4.69) is 4.98 Å². The first-order valence-electron chi connectivity index (χ1n) is 4.76. The van der Waals surface area contributed by atoms with Gasteiger partial charge in [-0.2, -0.15) is 0 Å². The van der Waals surface area contributed by atoms with Crippen LogP contribution in [0.5, 0.6) is 0 Å². The fraction of sp³-hybridized carbons (Fsp3) is 0.455. The molecule has 0 N–H and O–H groups in total. The van der Waals surface area contributed by atoms with Gasteiger partial charge in [-0.25, -0.2) is 0 Å². The Balaban J connectivity index is 2.52. The van der Waals surface area contributed by atoms with Gasteiger partial charge in [0.25, 0.3) is 0 Å². The number of nitrogens with zero attached hydrogens (tertiary/aromatic N) is 1. The topological polar surface area (TPSA) is 39.2 Å². The van der Waals surface area contributed by atoms with E-state index in [9.17, 15) is 4.79 Å². The molecule has 0 fully saturated rings. The van der Waals surface area contributed by atoms with Crippen molar-refractivity contribution in [2.45, 2.75) is 20.3 Å². The van der Waals surface area contributed by atoms with Crippen molar-refractivity contribution in [3.05, 3.63) is 29.6 Å². The van der Waals surface area contributed by atoms with Crippen molar-refractivity contribution in [3.63, 3.8) is 0 Å². The third kappa shape index (κ3) is 3.26. The Morgan fingerprint density at radius 3 is 2.93 bits per heavy atom. The number of hydrogen-bond donors (Lipinski definition) is 0. The highest BCUT2D eigenvalue weighted by molar-refractivity contribution is 5.95. The minimum Gasteiger partial charge on any atom is -0.381 e. The molecule has 0 aliphatic carbocycles. The lowest BCUT2D eigenvalue weighted by atomic mass is 10.1. The summed E-state index contributed by atoms with van der Waals surface area (Å²) < 4.78 is 5.11. The van der Waals surface area contributed by atoms with Crippen molar-refractivity contribution in [1.29, 1.82) is 0 Å². The number of aromatic nitrogens is 1. The molecule has 0 bridgehead atoms. The molecule has 3 nitrogen and oxygen atoms in total. The molecule has 0 unspecified atom stereocenters. The van der Waals surface area contributed by atoms with E-state index >= 15 is 0 Å². The summed E-state index contributed by atoms with van der Waals surface area (Å²) in [5.74, 6) is 0.0923. The lowest BCUT2D eigenvalue weighted by Crippen LogP contribution is -2.05. The van der Waals surface area contributed by atoms with Gasteiger partial charge in [-0.1, -0.05) is 0 Å². The Kier molecular flexibility index (Phi) is 4.26. The van der Waals surface area contributed by atoms with Gasteiger partial charge < -0.3 is 4.74 Å². The first-order valence-corrected chi connectivity index (χ1v) is 4.76. The molecule has 14 heavy (non-hydrogen) atoms. The fourth-order valence-corrected chi connectivity index (χ4v) is 1.16. The van der Waals surface area contributed by atoms with E-state index < -0.39 is 0 Å². The molecule has 0 spiro atoms. The van der Waals surface area contributed by atoms with E-state index in [4.69, 9.17) is 4.74 Å². The van der Waals surface area contributed by atoms with E-state index in [1.807, 2.05) is 19.9 Å². The van der Waals surface area contributed by atoms with Crippen LogP contribution in [0.2, 0.25) is 0 Å². The van der Waals surface area contributed by atoms with Crippen molar-refractivity contribution in [2.75, 3.05) is 13.2 Å². The molecule has 3 heteroatoms. The zero-order chi connectivity index (χ0) is 10.4. The number of ketones is 1. The molecular weight excluding hydrogens is 178 g/mol. The quantitative estimate of drug-likeness (QED) is 0.530. The van der Waals surface area contributed by atoms with Crippen LogP contribution in [0.25, 0.3) is 0 Å². The van der Waals surface area contributed by atoms with Crippen LogP contribution in [-0.4, -0.2) is 24.0 Å². The van der Waals surface area contributed by atoms with Crippen molar-refractivity contribution >= 4 is 5.78 Å². The van der Waals surface area contributed by atoms with Crippen molar-refractivity contribution in [1.82, 2.24) is 4.98 Å². The average molecular weight is 193 g/mol. The summed E-state index contributed by atoms with van der Waals surface area (Å²) in [6.07, 6.45) is 3.76. The van der Waals surface area contributed by atoms with Gasteiger partial charge in [0.1, 0.15) is 0 Å². The predicted molar refractivity (Wildman–Crippen MR) is 54.4 cm³/mol. The molecule has 0 aliphatic rings. The van der Waals surface area contributed by atoms with Crippen LogP contribution in [0.4, 0.5) is 0 Å². The van der Waals surface area contributed by atoms with Gasteiger partial charge in [-0.15, -0.1) is 0 Å². The van der Waals surface area contributed by atoms with E-state index in [0.29, 0.717) is 25.2 Å². The third-order valence-corrected chi connectivity index (χ3v) is 1.87. The van der Waals surface area contributed by atoms with Gasteiger partial charge in [-0.05, 0) is 25.5 Å². The maximum Gasteiger partial charge on any atom is 0.166 e. The molecule has 1 rings (SSSR count). The molecule has 0 saturated heterocycles. The molecule has 0 aromatic carbocycles. The van der Waals surface area contributed by atoms with Gasteiger partial charge in [0.2, 0.25) is 0 Å². The fourth-order valence-electron chi connectivity index (χ4n) is 1.16. The molecule has 76 valence electrons. The highest BCUT2D eigenvalue weighted by atomic mass is 16.5. The van der Waals surface area contributed by atoms with Gasteiger partial charge in [0.15, 0.2) is 5.78 Å². The van der Waals surface area contributed by atoms with Crippen molar-refractivity contribution < 1.29 is 9.53 Å². The average Bonchev–Trinajstić information content (AvgIpc) is 2.18. The number of ether oxygens (including phenoxy) is 1. The molecule has 1 aromatic rings. The van der Waals surface area contributed by atoms with Crippen LogP contribution in [0.15, 0.2) is 18.5 Å². The normalized spacial score (nSPS) is 10.1. The van der Waals surface area contributed by atoms with Crippen LogP contribution >= 0.6 is 0 Å². The van der Waals surface area contributed by atoms with Crippen LogP contribution in [-0.2, 0) is 4.74 Å². The molecule has 0 radical (unpaired) electrons. The number of hydrogen-bond acceptors (Lipinski definition) is 3. The number of pyridine rings is 1. The van der Waals surface area contributed by atoms with Gasteiger partial charge in [0.05, 0.1) is 6.61 Å². The zero-order valence-corrected chi connectivity index (χ0v) is 8.62. The first kappa shape index (κ1) is 10.9. The number of carbonyl (C=O) groups is 1. The maximum atomic E-state index is 11.6. The largest absolute Gasteiger partial charge is 0.381 e. The first-order chi connectivity index (χ1) is 6.74. The van der Waals surface area contributed by atoms with Gasteiger partial charge >= 0.3 is 0 Å². The van der Waals surface area contributed by atoms with Gasteiger partial charge in [-0.3, -0.25) is 9.78 Å². The lowest BCUT2D eigenvalue weighted by Gasteiger charge is -2.01. The number of Topliss-reactive ketones (excluding diaryl/α,β-unsaturated/α-hetero) is 1. The highest BCUT2D eigenvalue weighted by Crippen LogP contribution is 2.04. The van der Waals surface area contributed by atoms with Crippen LogP contribution in [0, 0.1) is 6.92 Å². The standard InChI is InChI=1S/C11H15NO2/c1-3-14-5-4-11(13)10-6-9(2)7-12-8-10/h6-8H,3-5H2,1-2H3. The summed E-state index contributed by atoms with van der Waals surface area (Å²) in [5.41, 5.74) is 1.68. The summed E-state index contributed by atoms with van der Waals surface area (Å²) in [5, 5.41) is 0. The van der Waals surface area contributed by atoms with E-state index in [-0.39, 0.29) is 5.78 Å². The molecular formula is C11H15NO2. The molecule has 1 heterocycles. The Bertz CT molecular complexity index is 310. The Labute approximate surface area is 84.1 Å².